The maximum Gasteiger partial charge on any atom is 0.337 e. The van der Waals surface area contributed by atoms with Crippen LogP contribution in [0.25, 0.3) is 0 Å². The van der Waals surface area contributed by atoms with Crippen molar-refractivity contribution in [1.82, 2.24) is 4.31 Å². The second-order valence-corrected chi connectivity index (χ2v) is 6.25. The summed E-state index contributed by atoms with van der Waals surface area (Å²) in [5, 5.41) is 0. The van der Waals surface area contributed by atoms with Gasteiger partial charge in [0.05, 0.1) is 18.4 Å². The predicted octanol–water partition coefficient (Wildman–Crippen LogP) is 2.25. The number of hydrogen-bond donors (Lipinski definition) is 1. The van der Waals surface area contributed by atoms with Crippen molar-refractivity contribution in [2.75, 3.05) is 24.9 Å². The molecule has 0 atom stereocenters. The number of ether oxygens (including phenoxy) is 1. The van der Waals surface area contributed by atoms with Crippen LogP contribution in [0.1, 0.15) is 37.0 Å². The third kappa shape index (κ3) is 5.02. The van der Waals surface area contributed by atoms with Crippen LogP contribution >= 0.6 is 0 Å². The van der Waals surface area contributed by atoms with Crippen LogP contribution in [0.2, 0.25) is 0 Å². The second kappa shape index (κ2) is 7.99. The van der Waals surface area contributed by atoms with Gasteiger partial charge in [-0.1, -0.05) is 19.9 Å². The molecule has 0 radical (unpaired) electrons. The fourth-order valence-corrected chi connectivity index (χ4v) is 3.29. The molecule has 118 valence electrons. The molecular weight excluding hydrogens is 292 g/mol. The Morgan fingerprint density at radius 1 is 1.24 bits per heavy atom. The first-order chi connectivity index (χ1) is 9.94. The molecule has 0 heterocycles. The van der Waals surface area contributed by atoms with Crippen molar-refractivity contribution >= 4 is 21.9 Å². The average molecular weight is 314 g/mol. The quantitative estimate of drug-likeness (QED) is 0.747. The van der Waals surface area contributed by atoms with Crippen molar-refractivity contribution in [3.05, 3.63) is 29.8 Å². The minimum Gasteiger partial charge on any atom is -0.465 e. The molecule has 0 aliphatic heterocycles. The second-order valence-electron chi connectivity index (χ2n) is 4.58. The van der Waals surface area contributed by atoms with Gasteiger partial charge in [-0.2, -0.15) is 12.7 Å². The Morgan fingerprint density at radius 3 is 2.38 bits per heavy atom. The van der Waals surface area contributed by atoms with E-state index in [4.69, 9.17) is 0 Å². The van der Waals surface area contributed by atoms with E-state index >= 15 is 0 Å². The number of rotatable bonds is 8. The first kappa shape index (κ1) is 17.5. The molecule has 0 fully saturated rings. The Balaban J connectivity index is 2.94. The van der Waals surface area contributed by atoms with E-state index in [2.05, 4.69) is 9.46 Å². The van der Waals surface area contributed by atoms with Gasteiger partial charge < -0.3 is 4.74 Å². The van der Waals surface area contributed by atoms with E-state index in [-0.39, 0.29) is 0 Å². The molecular formula is C14H22N2O4S. The van der Waals surface area contributed by atoms with Crippen LogP contribution in [0.5, 0.6) is 0 Å². The van der Waals surface area contributed by atoms with Crippen LogP contribution in [-0.4, -0.2) is 38.9 Å². The normalized spacial score (nSPS) is 11.4. The zero-order valence-corrected chi connectivity index (χ0v) is 13.4. The van der Waals surface area contributed by atoms with Crippen molar-refractivity contribution < 1.29 is 17.9 Å². The standard InChI is InChI=1S/C14H22N2O4S/c1-4-9-16(10-5-2)21(18,19)15-13-8-6-7-12(11-13)14(17)20-3/h6-8,11,15H,4-5,9-10H2,1-3H3. The number of nitrogens with zero attached hydrogens (tertiary/aromatic N) is 1. The van der Waals surface area contributed by atoms with Gasteiger partial charge in [-0.25, -0.2) is 4.79 Å². The minimum atomic E-state index is -3.62. The summed E-state index contributed by atoms with van der Waals surface area (Å²) in [4.78, 5) is 11.5. The van der Waals surface area contributed by atoms with Gasteiger partial charge >= 0.3 is 16.2 Å². The highest BCUT2D eigenvalue weighted by Gasteiger charge is 2.20. The lowest BCUT2D eigenvalue weighted by molar-refractivity contribution is 0.0601. The highest BCUT2D eigenvalue weighted by Crippen LogP contribution is 2.15. The van der Waals surface area contributed by atoms with E-state index in [1.165, 1.54) is 17.5 Å². The molecule has 0 aromatic heterocycles. The molecule has 0 amide bonds. The van der Waals surface area contributed by atoms with Gasteiger partial charge in [-0.3, -0.25) is 4.72 Å². The predicted molar refractivity (Wildman–Crippen MR) is 82.5 cm³/mol. The van der Waals surface area contributed by atoms with Gasteiger partial charge in [0.15, 0.2) is 0 Å². The largest absolute Gasteiger partial charge is 0.465 e. The zero-order chi connectivity index (χ0) is 15.9. The summed E-state index contributed by atoms with van der Waals surface area (Å²) in [6, 6.07) is 6.23. The Hall–Kier alpha value is -1.60. The summed E-state index contributed by atoms with van der Waals surface area (Å²) in [5.74, 6) is -0.505. The zero-order valence-electron chi connectivity index (χ0n) is 12.6. The van der Waals surface area contributed by atoms with Crippen molar-refractivity contribution in [3.63, 3.8) is 0 Å². The highest BCUT2D eigenvalue weighted by molar-refractivity contribution is 7.90. The Morgan fingerprint density at radius 2 is 1.86 bits per heavy atom. The number of esters is 1. The molecule has 6 nitrogen and oxygen atoms in total. The topological polar surface area (TPSA) is 75.7 Å². The molecule has 1 aromatic rings. The van der Waals surface area contributed by atoms with E-state index in [1.54, 1.807) is 18.2 Å². The number of nitrogens with one attached hydrogen (secondary N) is 1. The van der Waals surface area contributed by atoms with Gasteiger partial charge in [0, 0.05) is 13.1 Å². The van der Waals surface area contributed by atoms with Crippen LogP contribution in [0.4, 0.5) is 5.69 Å². The molecule has 0 saturated carbocycles. The van der Waals surface area contributed by atoms with E-state index in [9.17, 15) is 13.2 Å². The first-order valence-electron chi connectivity index (χ1n) is 6.90. The molecule has 0 spiro atoms. The lowest BCUT2D eigenvalue weighted by Gasteiger charge is -2.21. The van der Waals surface area contributed by atoms with Gasteiger partial charge in [-0.15, -0.1) is 0 Å². The molecule has 0 aliphatic rings. The van der Waals surface area contributed by atoms with E-state index in [0.717, 1.165) is 12.8 Å². The van der Waals surface area contributed by atoms with Crippen LogP contribution in [-0.2, 0) is 14.9 Å². The summed E-state index contributed by atoms with van der Waals surface area (Å²) in [5.41, 5.74) is 0.644. The Labute approximate surface area is 126 Å². The van der Waals surface area contributed by atoms with Gasteiger partial charge in [0.2, 0.25) is 0 Å². The molecule has 21 heavy (non-hydrogen) atoms. The number of hydrogen-bond acceptors (Lipinski definition) is 4. The third-order valence-electron chi connectivity index (χ3n) is 2.82. The van der Waals surface area contributed by atoms with Crippen LogP contribution in [0.3, 0.4) is 0 Å². The third-order valence-corrected chi connectivity index (χ3v) is 4.36. The first-order valence-corrected chi connectivity index (χ1v) is 8.34. The van der Waals surface area contributed by atoms with Crippen molar-refractivity contribution in [2.24, 2.45) is 0 Å². The van der Waals surface area contributed by atoms with Crippen molar-refractivity contribution in [1.29, 1.82) is 0 Å². The van der Waals surface area contributed by atoms with Crippen LogP contribution < -0.4 is 4.72 Å². The molecule has 1 aromatic carbocycles. The highest BCUT2D eigenvalue weighted by atomic mass is 32.2. The average Bonchev–Trinajstić information content (AvgIpc) is 2.46. The summed E-state index contributed by atoms with van der Waals surface area (Å²) < 4.78 is 33.2. The fraction of sp³-hybridized carbons (Fsp3) is 0.500. The SMILES string of the molecule is CCCN(CCC)S(=O)(=O)Nc1cccc(C(=O)OC)c1. The van der Waals surface area contributed by atoms with Crippen LogP contribution in [0.15, 0.2) is 24.3 Å². The van der Waals surface area contributed by atoms with Gasteiger partial charge in [0.1, 0.15) is 0 Å². The monoisotopic (exact) mass is 314 g/mol. The summed E-state index contributed by atoms with van der Waals surface area (Å²) in [6.07, 6.45) is 1.48. The molecule has 0 aliphatic carbocycles. The Bertz CT molecular complexity index is 566. The van der Waals surface area contributed by atoms with Crippen molar-refractivity contribution in [3.8, 4) is 0 Å². The fourth-order valence-electron chi connectivity index (χ4n) is 1.89. The Kier molecular flexibility index (Phi) is 6.64. The molecule has 0 unspecified atom stereocenters. The molecule has 7 heteroatoms. The summed E-state index contributed by atoms with van der Waals surface area (Å²) in [7, 11) is -2.34. The molecule has 1 rings (SSSR count). The molecule has 0 bridgehead atoms. The summed E-state index contributed by atoms with van der Waals surface area (Å²) >= 11 is 0. The van der Waals surface area contributed by atoms with Crippen molar-refractivity contribution in [2.45, 2.75) is 26.7 Å². The number of carbonyl (C=O) groups is 1. The summed E-state index contributed by atoms with van der Waals surface area (Å²) in [6.45, 7) is 4.77. The number of benzene rings is 1. The molecule has 1 N–H and O–H groups in total. The van der Waals surface area contributed by atoms with Gasteiger partial charge in [-0.05, 0) is 31.0 Å². The maximum atomic E-state index is 12.3. The van der Waals surface area contributed by atoms with Crippen LogP contribution in [0, 0.1) is 0 Å². The van der Waals surface area contributed by atoms with E-state index in [1.807, 2.05) is 13.8 Å². The number of anilines is 1. The maximum absolute atomic E-state index is 12.3. The lowest BCUT2D eigenvalue weighted by atomic mass is 10.2. The van der Waals surface area contributed by atoms with E-state index < -0.39 is 16.2 Å². The molecule has 0 saturated heterocycles. The number of carbonyl (C=O) groups excluding carboxylic acids is 1. The van der Waals surface area contributed by atoms with E-state index in [0.29, 0.717) is 24.3 Å². The lowest BCUT2D eigenvalue weighted by Crippen LogP contribution is -2.37. The smallest absolute Gasteiger partial charge is 0.337 e. The van der Waals surface area contributed by atoms with Gasteiger partial charge in [0.25, 0.3) is 0 Å². The number of methoxy groups -OCH3 is 1. The minimum absolute atomic E-state index is 0.301.